The Bertz CT molecular complexity index is 326. The molecule has 1 atom stereocenters. The van der Waals surface area contributed by atoms with Crippen LogP contribution in [0.4, 0.5) is 0 Å². The zero-order valence-electron chi connectivity index (χ0n) is 10.4. The third-order valence-electron chi connectivity index (χ3n) is 2.51. The van der Waals surface area contributed by atoms with E-state index in [9.17, 15) is 8.42 Å². The number of hydrogen-bond donors (Lipinski definition) is 1. The molecular formula is C10H22N2O2S2. The minimum atomic E-state index is -3.18. The van der Waals surface area contributed by atoms with Crippen molar-refractivity contribution in [2.75, 3.05) is 12.8 Å². The van der Waals surface area contributed by atoms with Gasteiger partial charge in [0.2, 0.25) is 10.0 Å². The molecule has 16 heavy (non-hydrogen) atoms. The molecule has 0 saturated carbocycles. The molecule has 0 spiro atoms. The molecule has 1 unspecified atom stereocenters. The molecule has 0 fully saturated rings. The zero-order valence-corrected chi connectivity index (χ0v) is 12.1. The largest absolute Gasteiger partial charge is 0.393 e. The van der Waals surface area contributed by atoms with Crippen molar-refractivity contribution >= 4 is 27.2 Å². The topological polar surface area (TPSA) is 63.4 Å². The first kappa shape index (κ1) is 15.8. The van der Waals surface area contributed by atoms with Gasteiger partial charge in [-0.1, -0.05) is 26.1 Å². The van der Waals surface area contributed by atoms with Crippen molar-refractivity contribution in [1.82, 2.24) is 4.31 Å². The minimum absolute atomic E-state index is 0.172. The summed E-state index contributed by atoms with van der Waals surface area (Å²) in [4.78, 5) is 0.346. The average Bonchev–Trinajstić information content (AvgIpc) is 2.12. The fraction of sp³-hybridized carbons (Fsp3) is 0.900. The van der Waals surface area contributed by atoms with Crippen molar-refractivity contribution in [1.29, 1.82) is 0 Å². The van der Waals surface area contributed by atoms with E-state index >= 15 is 0 Å². The molecule has 0 aliphatic heterocycles. The first-order valence-corrected chi connectivity index (χ1v) is 7.42. The fourth-order valence-corrected chi connectivity index (χ4v) is 3.14. The average molecular weight is 266 g/mol. The maximum Gasteiger partial charge on any atom is 0.214 e. The van der Waals surface area contributed by atoms with Gasteiger partial charge in [0.15, 0.2) is 0 Å². The predicted molar refractivity (Wildman–Crippen MR) is 71.9 cm³/mol. The van der Waals surface area contributed by atoms with E-state index in [1.807, 2.05) is 20.8 Å². The Kier molecular flexibility index (Phi) is 6.43. The van der Waals surface area contributed by atoms with Gasteiger partial charge in [-0.15, -0.1) is 0 Å². The van der Waals surface area contributed by atoms with Gasteiger partial charge >= 0.3 is 0 Å². The second kappa shape index (κ2) is 6.51. The standard InChI is InChI=1S/C10H22N2O2S2/c1-8(2)5-6-16(13,14)12(4)9(3)7-10(11)15/h8-9H,5-7H2,1-4H3,(H2,11,15). The Morgan fingerprint density at radius 2 is 1.88 bits per heavy atom. The summed E-state index contributed by atoms with van der Waals surface area (Å²) in [7, 11) is -1.60. The van der Waals surface area contributed by atoms with Crippen LogP contribution in [0, 0.1) is 5.92 Å². The molecule has 0 rings (SSSR count). The van der Waals surface area contributed by atoms with Crippen molar-refractivity contribution in [2.45, 2.75) is 39.7 Å². The summed E-state index contributed by atoms with van der Waals surface area (Å²) in [6, 6.07) is -0.172. The van der Waals surface area contributed by atoms with Gasteiger partial charge in [0.05, 0.1) is 10.7 Å². The lowest BCUT2D eigenvalue weighted by Gasteiger charge is -2.24. The molecule has 0 bridgehead atoms. The van der Waals surface area contributed by atoms with E-state index in [4.69, 9.17) is 18.0 Å². The van der Waals surface area contributed by atoms with Crippen molar-refractivity contribution in [2.24, 2.45) is 11.7 Å². The Balaban J connectivity index is 4.45. The summed E-state index contributed by atoms with van der Waals surface area (Å²) >= 11 is 4.78. The molecule has 4 nitrogen and oxygen atoms in total. The fourth-order valence-electron chi connectivity index (χ4n) is 1.22. The van der Waals surface area contributed by atoms with Crippen LogP contribution >= 0.6 is 12.2 Å². The maximum atomic E-state index is 11.9. The molecule has 0 aliphatic carbocycles. The molecular weight excluding hydrogens is 244 g/mol. The summed E-state index contributed by atoms with van der Waals surface area (Å²) in [5, 5.41) is 0. The molecule has 2 N–H and O–H groups in total. The van der Waals surface area contributed by atoms with Gasteiger partial charge in [0.1, 0.15) is 0 Å². The minimum Gasteiger partial charge on any atom is -0.393 e. The first-order chi connectivity index (χ1) is 7.16. The highest BCUT2D eigenvalue weighted by Gasteiger charge is 2.23. The van der Waals surface area contributed by atoms with Gasteiger partial charge in [-0.3, -0.25) is 0 Å². The molecule has 0 aliphatic rings. The summed E-state index contributed by atoms with van der Waals surface area (Å²) in [5.41, 5.74) is 5.41. The molecule has 0 radical (unpaired) electrons. The van der Waals surface area contributed by atoms with Gasteiger partial charge < -0.3 is 5.73 Å². The monoisotopic (exact) mass is 266 g/mol. The van der Waals surface area contributed by atoms with Crippen LogP contribution in [0.15, 0.2) is 0 Å². The number of thiocarbonyl (C=S) groups is 1. The summed E-state index contributed by atoms with van der Waals surface area (Å²) in [6.07, 6.45) is 1.10. The van der Waals surface area contributed by atoms with Crippen molar-refractivity contribution in [3.63, 3.8) is 0 Å². The Labute approximate surface area is 104 Å². The zero-order chi connectivity index (χ0) is 12.9. The van der Waals surface area contributed by atoms with Crippen molar-refractivity contribution in [3.8, 4) is 0 Å². The van der Waals surface area contributed by atoms with Gasteiger partial charge in [0.25, 0.3) is 0 Å². The SMILES string of the molecule is CC(C)CCS(=O)(=O)N(C)C(C)CC(N)=S. The third-order valence-corrected chi connectivity index (χ3v) is 4.66. The molecule has 0 aromatic rings. The van der Waals surface area contributed by atoms with E-state index in [0.717, 1.165) is 0 Å². The Morgan fingerprint density at radius 3 is 2.25 bits per heavy atom. The van der Waals surface area contributed by atoms with Crippen LogP contribution in [0.3, 0.4) is 0 Å². The molecule has 6 heteroatoms. The number of rotatable bonds is 7. The highest BCUT2D eigenvalue weighted by atomic mass is 32.2. The molecule has 0 aromatic heterocycles. The quantitative estimate of drug-likeness (QED) is 0.707. The van der Waals surface area contributed by atoms with Crippen LogP contribution < -0.4 is 5.73 Å². The van der Waals surface area contributed by atoms with Gasteiger partial charge in [-0.05, 0) is 19.3 Å². The lowest BCUT2D eigenvalue weighted by atomic mass is 10.2. The van der Waals surface area contributed by atoms with E-state index in [2.05, 4.69) is 0 Å². The number of sulfonamides is 1. The maximum absolute atomic E-state index is 11.9. The number of nitrogens with zero attached hydrogens (tertiary/aromatic N) is 1. The third kappa shape index (κ3) is 5.77. The van der Waals surface area contributed by atoms with Gasteiger partial charge in [0, 0.05) is 19.5 Å². The number of nitrogens with two attached hydrogens (primary N) is 1. The van der Waals surface area contributed by atoms with Crippen LogP contribution in [0.5, 0.6) is 0 Å². The Hall–Kier alpha value is -0.200. The van der Waals surface area contributed by atoms with Crippen LogP contribution in [-0.2, 0) is 10.0 Å². The number of hydrogen-bond acceptors (Lipinski definition) is 3. The van der Waals surface area contributed by atoms with E-state index in [-0.39, 0.29) is 11.8 Å². The first-order valence-electron chi connectivity index (χ1n) is 5.40. The molecule has 0 saturated heterocycles. The van der Waals surface area contributed by atoms with Crippen LogP contribution in [0.2, 0.25) is 0 Å². The van der Waals surface area contributed by atoms with E-state index in [0.29, 0.717) is 23.7 Å². The second-order valence-electron chi connectivity index (χ2n) is 4.53. The van der Waals surface area contributed by atoms with Crippen molar-refractivity contribution < 1.29 is 8.42 Å². The van der Waals surface area contributed by atoms with Gasteiger partial charge in [-0.25, -0.2) is 12.7 Å². The molecule has 0 aromatic carbocycles. The lowest BCUT2D eigenvalue weighted by molar-refractivity contribution is 0.394. The lowest BCUT2D eigenvalue weighted by Crippen LogP contribution is -2.38. The summed E-state index contributed by atoms with van der Waals surface area (Å²) in [6.45, 7) is 5.83. The van der Waals surface area contributed by atoms with Gasteiger partial charge in [-0.2, -0.15) is 0 Å². The molecule has 0 heterocycles. The predicted octanol–water partition coefficient (Wildman–Crippen LogP) is 1.36. The Morgan fingerprint density at radius 1 is 1.38 bits per heavy atom. The summed E-state index contributed by atoms with van der Waals surface area (Å²) in [5.74, 6) is 0.567. The van der Waals surface area contributed by atoms with Crippen LogP contribution in [-0.4, -0.2) is 36.6 Å². The normalized spacial score (nSPS) is 14.4. The summed E-state index contributed by atoms with van der Waals surface area (Å²) < 4.78 is 25.2. The smallest absolute Gasteiger partial charge is 0.214 e. The van der Waals surface area contributed by atoms with E-state index in [1.54, 1.807) is 7.05 Å². The van der Waals surface area contributed by atoms with Crippen LogP contribution in [0.1, 0.15) is 33.6 Å². The van der Waals surface area contributed by atoms with E-state index in [1.165, 1.54) is 4.31 Å². The van der Waals surface area contributed by atoms with Crippen LogP contribution in [0.25, 0.3) is 0 Å². The molecule has 0 amide bonds. The highest BCUT2D eigenvalue weighted by molar-refractivity contribution is 7.89. The van der Waals surface area contributed by atoms with E-state index < -0.39 is 10.0 Å². The highest BCUT2D eigenvalue weighted by Crippen LogP contribution is 2.11. The molecule has 96 valence electrons. The second-order valence-corrected chi connectivity index (χ2v) is 7.21. The van der Waals surface area contributed by atoms with Crippen molar-refractivity contribution in [3.05, 3.63) is 0 Å².